The van der Waals surface area contributed by atoms with Gasteiger partial charge in [0.05, 0.1) is 11.0 Å². The van der Waals surface area contributed by atoms with Crippen LogP contribution in [-0.2, 0) is 7.05 Å². The molecule has 0 spiro atoms. The summed E-state index contributed by atoms with van der Waals surface area (Å²) < 4.78 is 1.57. The third-order valence-corrected chi connectivity index (χ3v) is 5.11. The number of carbonyl (C=O) groups excluding carboxylic acids is 1. The van der Waals surface area contributed by atoms with Crippen LogP contribution >= 0.6 is 0 Å². The zero-order valence-corrected chi connectivity index (χ0v) is 15.2. The Morgan fingerprint density at radius 1 is 1.32 bits per heavy atom. The highest BCUT2D eigenvalue weighted by Crippen LogP contribution is 2.14. The van der Waals surface area contributed by atoms with Crippen molar-refractivity contribution in [2.75, 3.05) is 19.6 Å². The lowest BCUT2D eigenvalue weighted by atomic mass is 10.1. The predicted octanol–water partition coefficient (Wildman–Crippen LogP) is 1.85. The summed E-state index contributed by atoms with van der Waals surface area (Å²) in [6.45, 7) is 6.91. The van der Waals surface area contributed by atoms with Crippen molar-refractivity contribution in [1.29, 1.82) is 0 Å². The number of fused-ring (bicyclic) bond motifs is 1. The fraction of sp³-hybridized carbons (Fsp3) is 0.526. The molecule has 1 aromatic heterocycles. The van der Waals surface area contributed by atoms with Gasteiger partial charge in [0.15, 0.2) is 0 Å². The van der Waals surface area contributed by atoms with Gasteiger partial charge in [0.1, 0.15) is 5.69 Å². The number of benzene rings is 1. The van der Waals surface area contributed by atoms with Crippen molar-refractivity contribution >= 4 is 16.9 Å². The fourth-order valence-corrected chi connectivity index (χ4v) is 3.48. The van der Waals surface area contributed by atoms with E-state index in [1.54, 1.807) is 36.7 Å². The summed E-state index contributed by atoms with van der Waals surface area (Å²) in [4.78, 5) is 31.1. The van der Waals surface area contributed by atoms with Gasteiger partial charge in [0, 0.05) is 25.2 Å². The van der Waals surface area contributed by atoms with Gasteiger partial charge in [-0.05, 0) is 64.4 Å². The molecule has 1 saturated heterocycles. The maximum atomic E-state index is 12.4. The molecular formula is C19H26N4O2. The normalized spacial score (nSPS) is 16.3. The fourth-order valence-electron chi connectivity index (χ4n) is 3.48. The minimum atomic E-state index is -0.111. The van der Waals surface area contributed by atoms with Crippen molar-refractivity contribution in [1.82, 2.24) is 19.8 Å². The van der Waals surface area contributed by atoms with E-state index in [4.69, 9.17) is 0 Å². The molecule has 1 aliphatic rings. The van der Waals surface area contributed by atoms with Crippen molar-refractivity contribution in [3.05, 3.63) is 39.8 Å². The summed E-state index contributed by atoms with van der Waals surface area (Å²) in [5.41, 5.74) is 2.30. The van der Waals surface area contributed by atoms with Crippen LogP contribution in [0, 0.1) is 6.92 Å². The van der Waals surface area contributed by atoms with Gasteiger partial charge in [-0.15, -0.1) is 0 Å². The van der Waals surface area contributed by atoms with Crippen LogP contribution in [0.2, 0.25) is 0 Å². The zero-order valence-electron chi connectivity index (χ0n) is 15.2. The van der Waals surface area contributed by atoms with Gasteiger partial charge in [-0.3, -0.25) is 9.59 Å². The Morgan fingerprint density at radius 2 is 2.04 bits per heavy atom. The second-order valence-corrected chi connectivity index (χ2v) is 6.90. The summed E-state index contributed by atoms with van der Waals surface area (Å²) in [5.74, 6) is -0.0937. The first-order chi connectivity index (χ1) is 12.0. The van der Waals surface area contributed by atoms with Gasteiger partial charge in [-0.2, -0.15) is 0 Å². The number of carbonyl (C=O) groups is 1. The van der Waals surface area contributed by atoms with Crippen molar-refractivity contribution in [2.45, 2.75) is 39.2 Å². The SMILES string of the molecule is Cc1nc2cc(C(=O)NCC[C@H](C)N3CCCC3)ccc2n(C)c1=O. The van der Waals surface area contributed by atoms with E-state index in [2.05, 4.69) is 22.1 Å². The molecule has 6 nitrogen and oxygen atoms in total. The lowest BCUT2D eigenvalue weighted by Crippen LogP contribution is -2.34. The number of nitrogens with one attached hydrogen (secondary N) is 1. The zero-order chi connectivity index (χ0) is 18.0. The molecule has 1 N–H and O–H groups in total. The van der Waals surface area contributed by atoms with Crippen LogP contribution in [0.3, 0.4) is 0 Å². The molecule has 1 aliphatic heterocycles. The average Bonchev–Trinajstić information content (AvgIpc) is 3.14. The van der Waals surface area contributed by atoms with E-state index in [0.29, 0.717) is 29.4 Å². The molecule has 134 valence electrons. The average molecular weight is 342 g/mol. The molecule has 0 saturated carbocycles. The summed E-state index contributed by atoms with van der Waals surface area (Å²) >= 11 is 0. The predicted molar refractivity (Wildman–Crippen MR) is 98.9 cm³/mol. The van der Waals surface area contributed by atoms with E-state index in [1.165, 1.54) is 25.9 Å². The van der Waals surface area contributed by atoms with Crippen LogP contribution in [0.25, 0.3) is 11.0 Å². The Morgan fingerprint density at radius 3 is 2.76 bits per heavy atom. The topological polar surface area (TPSA) is 67.2 Å². The van der Waals surface area contributed by atoms with Gasteiger partial charge in [-0.1, -0.05) is 0 Å². The van der Waals surface area contributed by atoms with Gasteiger partial charge < -0.3 is 14.8 Å². The first-order valence-electron chi connectivity index (χ1n) is 8.97. The summed E-state index contributed by atoms with van der Waals surface area (Å²) in [5, 5.41) is 3.00. The number of nitrogens with zero attached hydrogens (tertiary/aromatic N) is 3. The molecule has 1 atom stereocenters. The molecule has 1 amide bonds. The van der Waals surface area contributed by atoms with Crippen LogP contribution < -0.4 is 10.9 Å². The number of aryl methyl sites for hydroxylation is 2. The molecule has 1 aromatic carbocycles. The standard InChI is InChI=1S/C19H26N4O2/c1-13(23-10-4-5-11-23)8-9-20-18(24)15-6-7-17-16(12-15)21-14(2)19(25)22(17)3/h6-7,12-13H,4-5,8-11H2,1-3H3,(H,20,24)/t13-/m0/s1. The van der Waals surface area contributed by atoms with Gasteiger partial charge in [0.2, 0.25) is 0 Å². The Balaban J connectivity index is 1.65. The number of hydrogen-bond donors (Lipinski definition) is 1. The maximum absolute atomic E-state index is 12.4. The van der Waals surface area contributed by atoms with Crippen LogP contribution in [0.4, 0.5) is 0 Å². The van der Waals surface area contributed by atoms with Gasteiger partial charge in [-0.25, -0.2) is 4.98 Å². The minimum absolute atomic E-state index is 0.0937. The van der Waals surface area contributed by atoms with E-state index in [0.717, 1.165) is 11.9 Å². The largest absolute Gasteiger partial charge is 0.352 e. The molecule has 25 heavy (non-hydrogen) atoms. The molecule has 0 radical (unpaired) electrons. The Kier molecular flexibility index (Phi) is 5.18. The molecule has 6 heteroatoms. The van der Waals surface area contributed by atoms with E-state index >= 15 is 0 Å². The van der Waals surface area contributed by atoms with Crippen molar-refractivity contribution in [3.63, 3.8) is 0 Å². The highest BCUT2D eigenvalue weighted by atomic mass is 16.1. The molecule has 0 unspecified atom stereocenters. The van der Waals surface area contributed by atoms with Crippen molar-refractivity contribution in [2.24, 2.45) is 7.05 Å². The number of likely N-dealkylation sites (tertiary alicyclic amines) is 1. The molecule has 2 aromatic rings. The number of rotatable bonds is 5. The van der Waals surface area contributed by atoms with Crippen molar-refractivity contribution < 1.29 is 4.79 Å². The molecule has 2 heterocycles. The molecular weight excluding hydrogens is 316 g/mol. The van der Waals surface area contributed by atoms with Crippen LogP contribution in [0.1, 0.15) is 42.2 Å². The first kappa shape index (κ1) is 17.6. The third-order valence-electron chi connectivity index (χ3n) is 5.11. The molecule has 1 fully saturated rings. The van der Waals surface area contributed by atoms with Crippen LogP contribution in [-0.4, -0.2) is 46.0 Å². The highest BCUT2D eigenvalue weighted by Gasteiger charge is 2.18. The smallest absolute Gasteiger partial charge is 0.272 e. The van der Waals surface area contributed by atoms with E-state index in [9.17, 15) is 9.59 Å². The molecule has 3 rings (SSSR count). The van der Waals surface area contributed by atoms with E-state index in [1.807, 2.05) is 0 Å². The lowest BCUT2D eigenvalue weighted by Gasteiger charge is -2.23. The minimum Gasteiger partial charge on any atom is -0.352 e. The summed E-state index contributed by atoms with van der Waals surface area (Å²) in [6.07, 6.45) is 3.51. The van der Waals surface area contributed by atoms with E-state index < -0.39 is 0 Å². The highest BCUT2D eigenvalue weighted by molar-refractivity contribution is 5.97. The molecule has 0 aliphatic carbocycles. The Hall–Kier alpha value is -2.21. The van der Waals surface area contributed by atoms with Crippen molar-refractivity contribution in [3.8, 4) is 0 Å². The monoisotopic (exact) mass is 342 g/mol. The van der Waals surface area contributed by atoms with Crippen LogP contribution in [0.15, 0.2) is 23.0 Å². The second-order valence-electron chi connectivity index (χ2n) is 6.90. The Bertz CT molecular complexity index is 837. The summed E-state index contributed by atoms with van der Waals surface area (Å²) in [6, 6.07) is 5.78. The molecule has 0 bridgehead atoms. The Labute approximate surface area is 147 Å². The quantitative estimate of drug-likeness (QED) is 0.900. The lowest BCUT2D eigenvalue weighted by molar-refractivity contribution is 0.0949. The number of aromatic nitrogens is 2. The third kappa shape index (κ3) is 3.74. The summed E-state index contributed by atoms with van der Waals surface area (Å²) in [7, 11) is 1.72. The van der Waals surface area contributed by atoms with E-state index in [-0.39, 0.29) is 11.5 Å². The second kappa shape index (κ2) is 7.35. The number of hydrogen-bond acceptors (Lipinski definition) is 4. The van der Waals surface area contributed by atoms with Crippen LogP contribution in [0.5, 0.6) is 0 Å². The number of amides is 1. The first-order valence-corrected chi connectivity index (χ1v) is 8.97. The van der Waals surface area contributed by atoms with Gasteiger partial charge in [0.25, 0.3) is 11.5 Å². The van der Waals surface area contributed by atoms with Gasteiger partial charge >= 0.3 is 0 Å². The maximum Gasteiger partial charge on any atom is 0.272 e.